The molecule has 0 saturated carbocycles. The van der Waals surface area contributed by atoms with E-state index in [-0.39, 0.29) is 11.8 Å². The topological polar surface area (TPSA) is 55.1 Å². The third-order valence-corrected chi connectivity index (χ3v) is 7.58. The van der Waals surface area contributed by atoms with E-state index in [2.05, 4.69) is 16.8 Å². The van der Waals surface area contributed by atoms with Crippen molar-refractivity contribution in [2.24, 2.45) is 0 Å². The van der Waals surface area contributed by atoms with Gasteiger partial charge < -0.3 is 14.8 Å². The van der Waals surface area contributed by atoms with Gasteiger partial charge in [0.1, 0.15) is 11.6 Å². The van der Waals surface area contributed by atoms with Gasteiger partial charge in [-0.2, -0.15) is 5.10 Å². The maximum atomic E-state index is 14.6. The van der Waals surface area contributed by atoms with Gasteiger partial charge in [-0.25, -0.2) is 13.9 Å². The number of aryl methyl sites for hydroxylation is 2. The summed E-state index contributed by atoms with van der Waals surface area (Å²) in [6.07, 6.45) is 2.70. The molecule has 2 aromatic heterocycles. The van der Waals surface area contributed by atoms with Crippen molar-refractivity contribution in [3.63, 3.8) is 0 Å². The maximum absolute atomic E-state index is 14.6. The molecule has 1 N–H and O–H groups in total. The number of amides is 2. The second-order valence-corrected chi connectivity index (χ2v) is 9.92. The summed E-state index contributed by atoms with van der Waals surface area (Å²) in [5, 5.41) is 8.14. The van der Waals surface area contributed by atoms with E-state index in [0.29, 0.717) is 18.5 Å². The Morgan fingerprint density at radius 1 is 1.00 bits per heavy atom. The van der Waals surface area contributed by atoms with Crippen LogP contribution in [0.5, 0.6) is 0 Å². The van der Waals surface area contributed by atoms with E-state index in [1.807, 2.05) is 91.5 Å². The Kier molecular flexibility index (Phi) is 6.27. The molecule has 0 saturated heterocycles. The van der Waals surface area contributed by atoms with Crippen LogP contribution in [0.1, 0.15) is 46.6 Å². The second-order valence-electron chi connectivity index (χ2n) is 9.92. The number of para-hydroxylation sites is 1. The predicted molar refractivity (Wildman–Crippen MR) is 151 cm³/mol. The van der Waals surface area contributed by atoms with Crippen molar-refractivity contribution < 1.29 is 9.18 Å². The zero-order valence-electron chi connectivity index (χ0n) is 22.2. The lowest BCUT2D eigenvalue weighted by Crippen LogP contribution is -2.38. The monoisotopic (exact) mass is 519 g/mol. The van der Waals surface area contributed by atoms with Crippen molar-refractivity contribution in [1.82, 2.24) is 19.2 Å². The fourth-order valence-electron chi connectivity index (χ4n) is 5.45. The van der Waals surface area contributed by atoms with Crippen LogP contribution in [0.25, 0.3) is 11.5 Å². The van der Waals surface area contributed by atoms with Gasteiger partial charge in [-0.1, -0.05) is 49.4 Å². The number of nitrogens with zero attached hydrogens (tertiary/aromatic N) is 4. The lowest BCUT2D eigenvalue weighted by Gasteiger charge is -2.31. The summed E-state index contributed by atoms with van der Waals surface area (Å²) in [5.41, 5.74) is 7.24. The first-order valence-electron chi connectivity index (χ1n) is 13.2. The highest BCUT2D eigenvalue weighted by molar-refractivity contribution is 5.91. The third-order valence-electron chi connectivity index (χ3n) is 7.58. The molecular formula is C32H30FN5O. The number of fused-ring (bicyclic) bond motifs is 3. The molecule has 0 unspecified atom stereocenters. The van der Waals surface area contributed by atoms with Crippen LogP contribution in [-0.4, -0.2) is 25.3 Å². The standard InChI is InChI=1S/C32H30FN5O/c1-4-27-26-20-37(32(39)34-28-16-8-11-21(2)22(28)3)30(23-12-9-13-24(33)19-23)29-17-10-18-36(29)31(26)38(35-27)25-14-6-5-7-15-25/h5-19,30H,4,20H2,1-3H3,(H,34,39)/t30-/m1/s1. The summed E-state index contributed by atoms with van der Waals surface area (Å²) in [7, 11) is 0. The molecular weight excluding hydrogens is 489 g/mol. The number of nitrogens with one attached hydrogen (secondary N) is 1. The first kappa shape index (κ1) is 24.7. The van der Waals surface area contributed by atoms with Crippen molar-refractivity contribution in [2.75, 3.05) is 5.32 Å². The van der Waals surface area contributed by atoms with Crippen molar-refractivity contribution in [3.05, 3.63) is 131 Å². The highest BCUT2D eigenvalue weighted by Gasteiger charge is 2.36. The summed E-state index contributed by atoms with van der Waals surface area (Å²) < 4.78 is 18.6. The van der Waals surface area contributed by atoms with E-state index >= 15 is 0 Å². The summed E-state index contributed by atoms with van der Waals surface area (Å²) in [4.78, 5) is 16.0. The molecule has 0 spiro atoms. The van der Waals surface area contributed by atoms with E-state index < -0.39 is 6.04 Å². The Hall–Kier alpha value is -4.65. The van der Waals surface area contributed by atoms with Crippen LogP contribution in [0.3, 0.4) is 0 Å². The van der Waals surface area contributed by atoms with Gasteiger partial charge in [0.05, 0.1) is 29.7 Å². The average Bonchev–Trinajstić information content (AvgIpc) is 3.52. The van der Waals surface area contributed by atoms with Gasteiger partial charge in [0.2, 0.25) is 0 Å². The molecule has 1 atom stereocenters. The van der Waals surface area contributed by atoms with Crippen molar-refractivity contribution in [2.45, 2.75) is 39.8 Å². The number of aromatic nitrogens is 3. The van der Waals surface area contributed by atoms with Gasteiger partial charge >= 0.3 is 6.03 Å². The molecule has 7 heteroatoms. The molecule has 6 nitrogen and oxygen atoms in total. The highest BCUT2D eigenvalue weighted by Crippen LogP contribution is 2.39. The number of hydrogen-bond donors (Lipinski definition) is 1. The Morgan fingerprint density at radius 2 is 1.79 bits per heavy atom. The van der Waals surface area contributed by atoms with Gasteiger partial charge in [-0.15, -0.1) is 0 Å². The number of carbonyl (C=O) groups excluding carboxylic acids is 1. The molecule has 1 aliphatic rings. The molecule has 2 amide bonds. The smallest absolute Gasteiger partial charge is 0.308 e. The number of hydrogen-bond acceptors (Lipinski definition) is 2. The van der Waals surface area contributed by atoms with Crippen LogP contribution in [0.15, 0.2) is 91.1 Å². The number of benzene rings is 3. The van der Waals surface area contributed by atoms with Crippen LogP contribution in [0.2, 0.25) is 0 Å². The van der Waals surface area contributed by atoms with Crippen LogP contribution < -0.4 is 5.32 Å². The number of rotatable bonds is 4. The van der Waals surface area contributed by atoms with E-state index in [9.17, 15) is 9.18 Å². The Labute approximate surface area is 227 Å². The minimum Gasteiger partial charge on any atom is -0.308 e. The SMILES string of the molecule is CCc1nn(-c2ccccc2)c2c1CN(C(=O)Nc1cccc(C)c1C)[C@H](c1cccc(F)c1)c1cccn1-2. The highest BCUT2D eigenvalue weighted by atomic mass is 19.1. The van der Waals surface area contributed by atoms with Gasteiger partial charge in [-0.3, -0.25) is 0 Å². The molecule has 3 aromatic carbocycles. The first-order valence-corrected chi connectivity index (χ1v) is 13.2. The van der Waals surface area contributed by atoms with Gasteiger partial charge in [0, 0.05) is 17.4 Å². The largest absolute Gasteiger partial charge is 0.322 e. The Bertz CT molecular complexity index is 1670. The van der Waals surface area contributed by atoms with Gasteiger partial charge in [-0.05, 0) is 79.4 Å². The van der Waals surface area contributed by atoms with Crippen LogP contribution in [0.4, 0.5) is 14.9 Å². The fourth-order valence-corrected chi connectivity index (χ4v) is 5.45. The van der Waals surface area contributed by atoms with Crippen LogP contribution in [0, 0.1) is 19.7 Å². The van der Waals surface area contributed by atoms with Crippen LogP contribution in [-0.2, 0) is 13.0 Å². The number of anilines is 1. The Morgan fingerprint density at radius 3 is 2.56 bits per heavy atom. The zero-order chi connectivity index (χ0) is 27.1. The maximum Gasteiger partial charge on any atom is 0.322 e. The minimum absolute atomic E-state index is 0.256. The lowest BCUT2D eigenvalue weighted by atomic mass is 10.0. The molecule has 3 heterocycles. The molecule has 5 aromatic rings. The van der Waals surface area contributed by atoms with E-state index in [0.717, 1.165) is 45.3 Å². The molecule has 39 heavy (non-hydrogen) atoms. The predicted octanol–water partition coefficient (Wildman–Crippen LogP) is 7.12. The molecule has 0 radical (unpaired) electrons. The zero-order valence-corrected chi connectivity index (χ0v) is 22.2. The minimum atomic E-state index is -0.526. The molecule has 0 aliphatic carbocycles. The summed E-state index contributed by atoms with van der Waals surface area (Å²) in [6, 6.07) is 25.6. The third kappa shape index (κ3) is 4.30. The number of halogens is 1. The van der Waals surface area contributed by atoms with E-state index in [4.69, 9.17) is 5.10 Å². The molecule has 196 valence electrons. The average molecular weight is 520 g/mol. The lowest BCUT2D eigenvalue weighted by molar-refractivity contribution is 0.194. The summed E-state index contributed by atoms with van der Waals surface area (Å²) in [6.45, 7) is 6.41. The van der Waals surface area contributed by atoms with Crippen molar-refractivity contribution >= 4 is 11.7 Å². The number of urea groups is 1. The molecule has 0 fully saturated rings. The quantitative estimate of drug-likeness (QED) is 0.275. The van der Waals surface area contributed by atoms with Crippen molar-refractivity contribution in [3.8, 4) is 11.5 Å². The van der Waals surface area contributed by atoms with E-state index in [1.54, 1.807) is 11.0 Å². The molecule has 6 rings (SSSR count). The van der Waals surface area contributed by atoms with E-state index in [1.165, 1.54) is 12.1 Å². The first-order chi connectivity index (χ1) is 19.0. The van der Waals surface area contributed by atoms with Crippen molar-refractivity contribution in [1.29, 1.82) is 0 Å². The fraction of sp³-hybridized carbons (Fsp3) is 0.188. The second kappa shape index (κ2) is 9.91. The van der Waals surface area contributed by atoms with Gasteiger partial charge in [0.25, 0.3) is 0 Å². The normalized spacial score (nSPS) is 14.5. The summed E-state index contributed by atoms with van der Waals surface area (Å²) >= 11 is 0. The number of carbonyl (C=O) groups is 1. The Balaban J connectivity index is 1.56. The van der Waals surface area contributed by atoms with Crippen LogP contribution >= 0.6 is 0 Å². The van der Waals surface area contributed by atoms with Gasteiger partial charge in [0.15, 0.2) is 0 Å². The summed E-state index contributed by atoms with van der Waals surface area (Å²) in [5.74, 6) is 0.549. The molecule has 1 aliphatic heterocycles. The molecule has 0 bridgehead atoms.